The van der Waals surface area contributed by atoms with Gasteiger partial charge in [-0.25, -0.2) is 0 Å². The summed E-state index contributed by atoms with van der Waals surface area (Å²) in [5.74, 6) is 0. The molecule has 0 saturated heterocycles. The average Bonchev–Trinajstić information content (AvgIpc) is 1.79. The van der Waals surface area contributed by atoms with Crippen LogP contribution in [0.25, 0.3) is 0 Å². The molecular weight excluding hydrogens is 124 g/mol. The Labute approximate surface area is 63.7 Å². The first-order chi connectivity index (χ1) is 4.63. The first kappa shape index (κ1) is 9.66. The highest BCUT2D eigenvalue weighted by molar-refractivity contribution is 4.88. The van der Waals surface area contributed by atoms with Crippen LogP contribution in [0.15, 0.2) is 12.2 Å². The van der Waals surface area contributed by atoms with Gasteiger partial charge in [-0.15, -0.1) is 0 Å². The highest BCUT2D eigenvalue weighted by Crippen LogP contribution is 1.87. The summed E-state index contributed by atoms with van der Waals surface area (Å²) in [6, 6.07) is 0.196. The van der Waals surface area contributed by atoms with E-state index in [-0.39, 0.29) is 6.04 Å². The lowest BCUT2D eigenvalue weighted by molar-refractivity contribution is 0.417. The van der Waals surface area contributed by atoms with Crippen molar-refractivity contribution in [3.05, 3.63) is 12.2 Å². The number of nitrogens with zero attached hydrogens (tertiary/aromatic N) is 1. The molecule has 0 radical (unpaired) electrons. The summed E-state index contributed by atoms with van der Waals surface area (Å²) in [5.41, 5.74) is 5.51. The molecular formula is C8H18N2. The maximum atomic E-state index is 5.51. The first-order valence-electron chi connectivity index (χ1n) is 3.70. The molecule has 0 fully saturated rings. The van der Waals surface area contributed by atoms with E-state index in [0.717, 1.165) is 13.0 Å². The largest absolute Gasteiger partial charge is 0.325 e. The number of rotatable bonds is 4. The summed E-state index contributed by atoms with van der Waals surface area (Å²) >= 11 is 0. The molecule has 0 rings (SSSR count). The second-order valence-corrected chi connectivity index (χ2v) is 2.88. The molecule has 2 heteroatoms. The van der Waals surface area contributed by atoms with Crippen LogP contribution in [0.4, 0.5) is 0 Å². The van der Waals surface area contributed by atoms with E-state index in [1.807, 2.05) is 13.0 Å². The monoisotopic (exact) mass is 142 g/mol. The lowest BCUT2D eigenvalue weighted by Crippen LogP contribution is -2.13. The molecule has 2 nitrogen and oxygen atoms in total. The van der Waals surface area contributed by atoms with Gasteiger partial charge in [-0.1, -0.05) is 12.2 Å². The van der Waals surface area contributed by atoms with Crippen LogP contribution in [-0.2, 0) is 0 Å². The van der Waals surface area contributed by atoms with Crippen LogP contribution in [-0.4, -0.2) is 31.6 Å². The molecule has 1 atom stereocenters. The van der Waals surface area contributed by atoms with Crippen molar-refractivity contribution in [3.8, 4) is 0 Å². The van der Waals surface area contributed by atoms with Crippen LogP contribution in [0.1, 0.15) is 13.3 Å². The van der Waals surface area contributed by atoms with Crippen LogP contribution in [0.5, 0.6) is 0 Å². The van der Waals surface area contributed by atoms with Crippen molar-refractivity contribution in [2.45, 2.75) is 19.4 Å². The van der Waals surface area contributed by atoms with E-state index in [1.165, 1.54) is 0 Å². The lowest BCUT2D eigenvalue weighted by atomic mass is 10.3. The molecule has 10 heavy (non-hydrogen) atoms. The molecule has 0 aliphatic rings. The van der Waals surface area contributed by atoms with Gasteiger partial charge in [0, 0.05) is 12.6 Å². The summed E-state index contributed by atoms with van der Waals surface area (Å²) < 4.78 is 0. The highest BCUT2D eigenvalue weighted by Gasteiger charge is 1.86. The second-order valence-electron chi connectivity index (χ2n) is 2.88. The summed E-state index contributed by atoms with van der Waals surface area (Å²) in [6.07, 6.45) is 5.25. The topological polar surface area (TPSA) is 29.3 Å². The van der Waals surface area contributed by atoms with E-state index in [2.05, 4.69) is 25.1 Å². The fraction of sp³-hybridized carbons (Fsp3) is 0.750. The summed E-state index contributed by atoms with van der Waals surface area (Å²) in [5, 5.41) is 0. The van der Waals surface area contributed by atoms with E-state index < -0.39 is 0 Å². The molecule has 60 valence electrons. The zero-order valence-electron chi connectivity index (χ0n) is 7.17. The van der Waals surface area contributed by atoms with Gasteiger partial charge < -0.3 is 10.6 Å². The van der Waals surface area contributed by atoms with Gasteiger partial charge in [0.2, 0.25) is 0 Å². The molecule has 0 bridgehead atoms. The van der Waals surface area contributed by atoms with Gasteiger partial charge in [-0.2, -0.15) is 0 Å². The maximum absolute atomic E-state index is 5.51. The fourth-order valence-corrected chi connectivity index (χ4v) is 0.644. The van der Waals surface area contributed by atoms with Crippen LogP contribution >= 0.6 is 0 Å². The van der Waals surface area contributed by atoms with E-state index in [4.69, 9.17) is 5.73 Å². The van der Waals surface area contributed by atoms with Crippen molar-refractivity contribution < 1.29 is 0 Å². The van der Waals surface area contributed by atoms with Crippen LogP contribution < -0.4 is 5.73 Å². The third-order valence-corrected chi connectivity index (χ3v) is 1.18. The van der Waals surface area contributed by atoms with Gasteiger partial charge in [-0.05, 0) is 27.4 Å². The summed E-state index contributed by atoms with van der Waals surface area (Å²) in [6.45, 7) is 3.08. The number of hydrogen-bond donors (Lipinski definition) is 1. The molecule has 2 N–H and O–H groups in total. The zero-order chi connectivity index (χ0) is 7.98. The maximum Gasteiger partial charge on any atom is 0.0194 e. The number of nitrogens with two attached hydrogens (primary N) is 1. The Morgan fingerprint density at radius 3 is 2.50 bits per heavy atom. The third kappa shape index (κ3) is 7.66. The molecule has 1 unspecified atom stereocenters. The minimum atomic E-state index is 0.196. The van der Waals surface area contributed by atoms with Gasteiger partial charge in [0.1, 0.15) is 0 Å². The minimum Gasteiger partial charge on any atom is -0.325 e. The van der Waals surface area contributed by atoms with E-state index in [9.17, 15) is 0 Å². The summed E-state index contributed by atoms with van der Waals surface area (Å²) in [4.78, 5) is 2.16. The minimum absolute atomic E-state index is 0.196. The van der Waals surface area contributed by atoms with E-state index in [1.54, 1.807) is 0 Å². The number of hydrogen-bond acceptors (Lipinski definition) is 2. The van der Waals surface area contributed by atoms with Crippen molar-refractivity contribution in [1.82, 2.24) is 4.90 Å². The zero-order valence-corrected chi connectivity index (χ0v) is 7.17. The molecule has 0 aromatic heterocycles. The Bertz CT molecular complexity index is 95.4. The van der Waals surface area contributed by atoms with E-state index in [0.29, 0.717) is 0 Å². The standard InChI is InChI=1S/C8H18N2/c1-8(9)6-4-5-7-10(2)3/h4,6,8H,5,7,9H2,1-3H3/b6-4-. The van der Waals surface area contributed by atoms with Crippen molar-refractivity contribution in [1.29, 1.82) is 0 Å². The predicted molar refractivity (Wildman–Crippen MR) is 46.0 cm³/mol. The smallest absolute Gasteiger partial charge is 0.0194 e. The highest BCUT2D eigenvalue weighted by atomic mass is 15.0. The van der Waals surface area contributed by atoms with Crippen LogP contribution in [0.3, 0.4) is 0 Å². The van der Waals surface area contributed by atoms with Crippen molar-refractivity contribution in [2.24, 2.45) is 5.73 Å². The Morgan fingerprint density at radius 2 is 2.10 bits per heavy atom. The van der Waals surface area contributed by atoms with Gasteiger partial charge in [0.05, 0.1) is 0 Å². The molecule has 0 heterocycles. The molecule has 0 saturated carbocycles. The van der Waals surface area contributed by atoms with Crippen molar-refractivity contribution in [3.63, 3.8) is 0 Å². The van der Waals surface area contributed by atoms with Gasteiger partial charge in [-0.3, -0.25) is 0 Å². The normalized spacial score (nSPS) is 14.9. The Kier molecular flexibility index (Phi) is 5.26. The van der Waals surface area contributed by atoms with Gasteiger partial charge in [0.15, 0.2) is 0 Å². The van der Waals surface area contributed by atoms with Crippen LogP contribution in [0, 0.1) is 0 Å². The Balaban J connectivity index is 3.19. The van der Waals surface area contributed by atoms with Crippen molar-refractivity contribution in [2.75, 3.05) is 20.6 Å². The quantitative estimate of drug-likeness (QED) is 0.589. The second kappa shape index (κ2) is 5.45. The predicted octanol–water partition coefficient (Wildman–Crippen LogP) is 0.841. The molecule has 0 spiro atoms. The first-order valence-corrected chi connectivity index (χ1v) is 3.70. The molecule has 0 amide bonds. The van der Waals surface area contributed by atoms with E-state index >= 15 is 0 Å². The summed E-state index contributed by atoms with van der Waals surface area (Å²) in [7, 11) is 4.14. The van der Waals surface area contributed by atoms with Gasteiger partial charge in [0.25, 0.3) is 0 Å². The Hall–Kier alpha value is -0.340. The van der Waals surface area contributed by atoms with Crippen molar-refractivity contribution >= 4 is 0 Å². The Morgan fingerprint density at radius 1 is 1.50 bits per heavy atom. The third-order valence-electron chi connectivity index (χ3n) is 1.18. The lowest BCUT2D eigenvalue weighted by Gasteiger charge is -2.05. The fourth-order valence-electron chi connectivity index (χ4n) is 0.644. The molecule has 0 aromatic carbocycles. The molecule has 0 aliphatic carbocycles. The molecule has 0 aliphatic heterocycles. The molecule has 0 aromatic rings. The van der Waals surface area contributed by atoms with Crippen LogP contribution in [0.2, 0.25) is 0 Å². The van der Waals surface area contributed by atoms with Gasteiger partial charge >= 0.3 is 0 Å². The SMILES string of the molecule is CC(N)/C=C\CCN(C)C. The average molecular weight is 142 g/mol.